The van der Waals surface area contributed by atoms with Crippen molar-refractivity contribution < 1.29 is 0 Å². The van der Waals surface area contributed by atoms with Crippen LogP contribution in [0.5, 0.6) is 0 Å². The molecule has 2 fully saturated rings. The summed E-state index contributed by atoms with van der Waals surface area (Å²) in [5.41, 5.74) is 2.73. The summed E-state index contributed by atoms with van der Waals surface area (Å²) in [4.78, 5) is 0. The minimum absolute atomic E-state index is 0.770. The molecule has 80 valence electrons. The molecule has 1 heteroatoms. The molecule has 0 atom stereocenters. The lowest BCUT2D eigenvalue weighted by atomic mass is 10.1. The average molecular weight is 201 g/mol. The van der Waals surface area contributed by atoms with E-state index in [9.17, 15) is 0 Å². The molecular weight excluding hydrogens is 182 g/mol. The van der Waals surface area contributed by atoms with Gasteiger partial charge in [0.1, 0.15) is 0 Å². The number of rotatable bonds is 4. The van der Waals surface area contributed by atoms with Crippen LogP contribution in [0.2, 0.25) is 0 Å². The lowest BCUT2D eigenvalue weighted by Gasteiger charge is -2.20. The van der Waals surface area contributed by atoms with E-state index >= 15 is 0 Å². The van der Waals surface area contributed by atoms with Crippen LogP contribution in [0, 0.1) is 18.8 Å². The third kappa shape index (κ3) is 2.01. The van der Waals surface area contributed by atoms with Gasteiger partial charge in [-0.1, -0.05) is 18.2 Å². The van der Waals surface area contributed by atoms with E-state index in [1.165, 1.54) is 36.9 Å². The Morgan fingerprint density at radius 1 is 1.07 bits per heavy atom. The number of para-hydroxylation sites is 1. The molecule has 0 aromatic heterocycles. The second kappa shape index (κ2) is 3.55. The molecule has 0 unspecified atom stereocenters. The fourth-order valence-corrected chi connectivity index (χ4v) is 2.45. The average Bonchev–Trinajstić information content (AvgIpc) is 3.10. The summed E-state index contributed by atoms with van der Waals surface area (Å²) in [5, 5.41) is 3.77. The Labute approximate surface area is 91.9 Å². The van der Waals surface area contributed by atoms with Crippen molar-refractivity contribution in [1.82, 2.24) is 0 Å². The van der Waals surface area contributed by atoms with Crippen LogP contribution in [0.25, 0.3) is 0 Å². The van der Waals surface area contributed by atoms with E-state index in [2.05, 4.69) is 36.5 Å². The first-order chi connectivity index (χ1) is 7.34. The Bertz CT molecular complexity index is 338. The highest BCUT2D eigenvalue weighted by atomic mass is 15.0. The highest BCUT2D eigenvalue weighted by molar-refractivity contribution is 5.51. The molecule has 0 heterocycles. The van der Waals surface area contributed by atoms with Gasteiger partial charge in [-0.25, -0.2) is 0 Å². The van der Waals surface area contributed by atoms with Crippen molar-refractivity contribution in [3.63, 3.8) is 0 Å². The number of aryl methyl sites for hydroxylation is 1. The van der Waals surface area contributed by atoms with Gasteiger partial charge in [-0.3, -0.25) is 0 Å². The van der Waals surface area contributed by atoms with Crippen LogP contribution >= 0.6 is 0 Å². The Balaban J connectivity index is 1.74. The van der Waals surface area contributed by atoms with Crippen LogP contribution in [-0.4, -0.2) is 6.04 Å². The molecule has 1 nitrogen and oxygen atoms in total. The molecule has 1 aromatic rings. The van der Waals surface area contributed by atoms with E-state index in [-0.39, 0.29) is 0 Å². The highest BCUT2D eigenvalue weighted by Crippen LogP contribution is 2.46. The normalized spacial score (nSPS) is 20.7. The first-order valence-corrected chi connectivity index (χ1v) is 6.17. The molecule has 1 N–H and O–H groups in total. The van der Waals surface area contributed by atoms with Crippen molar-refractivity contribution in [1.29, 1.82) is 0 Å². The number of hydrogen-bond donors (Lipinski definition) is 1. The monoisotopic (exact) mass is 201 g/mol. The van der Waals surface area contributed by atoms with Gasteiger partial charge in [0.2, 0.25) is 0 Å². The van der Waals surface area contributed by atoms with Gasteiger partial charge in [-0.2, -0.15) is 0 Å². The Morgan fingerprint density at radius 2 is 1.67 bits per heavy atom. The first-order valence-electron chi connectivity index (χ1n) is 6.17. The van der Waals surface area contributed by atoms with E-state index in [1.807, 2.05) is 0 Å². The molecule has 2 saturated carbocycles. The molecule has 0 radical (unpaired) electrons. The zero-order chi connectivity index (χ0) is 10.3. The van der Waals surface area contributed by atoms with Crippen LogP contribution in [0.15, 0.2) is 24.3 Å². The number of hydrogen-bond acceptors (Lipinski definition) is 1. The summed E-state index contributed by atoms with van der Waals surface area (Å²) in [6.45, 7) is 2.19. The first kappa shape index (κ1) is 9.26. The molecule has 15 heavy (non-hydrogen) atoms. The van der Waals surface area contributed by atoms with Crippen molar-refractivity contribution in [3.05, 3.63) is 29.8 Å². The molecule has 0 amide bonds. The summed E-state index contributed by atoms with van der Waals surface area (Å²) in [6.07, 6.45) is 5.78. The summed E-state index contributed by atoms with van der Waals surface area (Å²) < 4.78 is 0. The van der Waals surface area contributed by atoms with E-state index in [1.54, 1.807) is 0 Å². The van der Waals surface area contributed by atoms with Gasteiger partial charge in [0.05, 0.1) is 0 Å². The summed E-state index contributed by atoms with van der Waals surface area (Å²) in [5.74, 6) is 1.94. The molecule has 0 aliphatic heterocycles. The summed E-state index contributed by atoms with van der Waals surface area (Å²) in [6, 6.07) is 9.42. The second-order valence-electron chi connectivity index (χ2n) is 5.16. The molecule has 0 bridgehead atoms. The molecule has 3 rings (SSSR count). The van der Waals surface area contributed by atoms with Gasteiger partial charge < -0.3 is 5.32 Å². The fraction of sp³-hybridized carbons (Fsp3) is 0.571. The number of nitrogens with one attached hydrogen (secondary N) is 1. The zero-order valence-corrected chi connectivity index (χ0v) is 9.37. The topological polar surface area (TPSA) is 12.0 Å². The van der Waals surface area contributed by atoms with Crippen molar-refractivity contribution in [3.8, 4) is 0 Å². The fourth-order valence-electron chi connectivity index (χ4n) is 2.45. The minimum Gasteiger partial charge on any atom is -0.382 e. The third-order valence-corrected chi connectivity index (χ3v) is 3.73. The third-order valence-electron chi connectivity index (χ3n) is 3.73. The van der Waals surface area contributed by atoms with E-state index in [4.69, 9.17) is 0 Å². The maximum Gasteiger partial charge on any atom is 0.0372 e. The van der Waals surface area contributed by atoms with Gasteiger partial charge in [0, 0.05) is 11.7 Å². The summed E-state index contributed by atoms with van der Waals surface area (Å²) >= 11 is 0. The highest BCUT2D eigenvalue weighted by Gasteiger charge is 2.41. The van der Waals surface area contributed by atoms with Crippen molar-refractivity contribution in [2.75, 3.05) is 5.32 Å². The van der Waals surface area contributed by atoms with Crippen molar-refractivity contribution in [2.24, 2.45) is 11.8 Å². The predicted octanol–water partition coefficient (Wildman–Crippen LogP) is 3.60. The van der Waals surface area contributed by atoms with E-state index in [0.717, 1.165) is 17.9 Å². The van der Waals surface area contributed by atoms with E-state index < -0.39 is 0 Å². The molecule has 0 saturated heterocycles. The summed E-state index contributed by atoms with van der Waals surface area (Å²) in [7, 11) is 0. The van der Waals surface area contributed by atoms with Crippen molar-refractivity contribution in [2.45, 2.75) is 38.6 Å². The maximum atomic E-state index is 3.77. The van der Waals surface area contributed by atoms with Gasteiger partial charge in [-0.15, -0.1) is 0 Å². The standard InChI is InChI=1S/C14H19N/c1-10-4-2-3-5-13(10)15-14(11-6-7-11)12-8-9-12/h2-5,11-12,14-15H,6-9H2,1H3. The molecule has 2 aliphatic rings. The molecule has 2 aliphatic carbocycles. The van der Waals surface area contributed by atoms with E-state index in [0.29, 0.717) is 0 Å². The van der Waals surface area contributed by atoms with Crippen LogP contribution in [-0.2, 0) is 0 Å². The van der Waals surface area contributed by atoms with Crippen LogP contribution in [0.3, 0.4) is 0 Å². The lowest BCUT2D eigenvalue weighted by molar-refractivity contribution is 0.567. The smallest absolute Gasteiger partial charge is 0.0372 e. The van der Waals surface area contributed by atoms with Crippen LogP contribution in [0.1, 0.15) is 31.2 Å². The van der Waals surface area contributed by atoms with Gasteiger partial charge >= 0.3 is 0 Å². The lowest BCUT2D eigenvalue weighted by Crippen LogP contribution is -2.24. The minimum atomic E-state index is 0.770. The second-order valence-corrected chi connectivity index (χ2v) is 5.16. The van der Waals surface area contributed by atoms with Gasteiger partial charge in [-0.05, 0) is 56.1 Å². The largest absolute Gasteiger partial charge is 0.382 e. The Morgan fingerprint density at radius 3 is 2.20 bits per heavy atom. The number of anilines is 1. The number of benzene rings is 1. The molecule has 0 spiro atoms. The molecular formula is C14H19N. The van der Waals surface area contributed by atoms with Crippen LogP contribution < -0.4 is 5.32 Å². The Hall–Kier alpha value is -0.980. The van der Waals surface area contributed by atoms with Crippen molar-refractivity contribution >= 4 is 5.69 Å². The maximum absolute atomic E-state index is 3.77. The quantitative estimate of drug-likeness (QED) is 0.785. The van der Waals surface area contributed by atoms with Gasteiger partial charge in [0.15, 0.2) is 0 Å². The zero-order valence-electron chi connectivity index (χ0n) is 9.37. The molecule has 1 aromatic carbocycles. The van der Waals surface area contributed by atoms with Gasteiger partial charge in [0.25, 0.3) is 0 Å². The van der Waals surface area contributed by atoms with Crippen LogP contribution in [0.4, 0.5) is 5.69 Å². The SMILES string of the molecule is Cc1ccccc1NC(C1CC1)C1CC1. The Kier molecular flexibility index (Phi) is 2.19. The predicted molar refractivity (Wildman–Crippen MR) is 64.0 cm³/mol.